The molecular formula is C21H25N3O11P2. The molecule has 5 atom stereocenters. The number of nitrogens with one attached hydrogen (secondary N) is 1. The summed E-state index contributed by atoms with van der Waals surface area (Å²) in [6, 6.07) is 15.1. The van der Waals surface area contributed by atoms with Crippen LogP contribution in [0.2, 0.25) is 0 Å². The fraction of sp³-hybridized carbons (Fsp3) is 0.333. The number of aromatic nitrogens is 2. The quantitative estimate of drug-likeness (QED) is 0.151. The van der Waals surface area contributed by atoms with Crippen LogP contribution in [-0.4, -0.2) is 65.3 Å². The highest BCUT2D eigenvalue weighted by Gasteiger charge is 2.45. The first kappa shape index (κ1) is 27.6. The molecule has 1 aliphatic rings. The van der Waals surface area contributed by atoms with E-state index in [0.29, 0.717) is 0 Å². The molecule has 3 aromatic rings. The predicted molar refractivity (Wildman–Crippen MR) is 129 cm³/mol. The molecule has 1 aliphatic heterocycles. The Morgan fingerprint density at radius 2 is 1.76 bits per heavy atom. The van der Waals surface area contributed by atoms with Crippen molar-refractivity contribution in [1.29, 1.82) is 0 Å². The SMILES string of the molecule is O=c1nc(NOCc2ccc3ccccc3c2)ccn1[C@@H]1O[C@H](COP(=O)(O)CP(=O)(O)O)[C@@H](O)[C@H]1O. The number of aliphatic hydroxyl groups excluding tert-OH is 2. The minimum absolute atomic E-state index is 0.0774. The summed E-state index contributed by atoms with van der Waals surface area (Å²) in [4.78, 5) is 49.0. The highest BCUT2D eigenvalue weighted by atomic mass is 31.2. The molecule has 0 spiro atoms. The topological polar surface area (TPSA) is 210 Å². The zero-order valence-corrected chi connectivity index (χ0v) is 20.9. The van der Waals surface area contributed by atoms with Gasteiger partial charge in [-0.05, 0) is 28.5 Å². The number of fused-ring (bicyclic) bond motifs is 1. The Hall–Kier alpha value is -2.48. The second-order valence-corrected chi connectivity index (χ2v) is 12.4. The molecule has 200 valence electrons. The minimum Gasteiger partial charge on any atom is -0.387 e. The van der Waals surface area contributed by atoms with Gasteiger partial charge in [-0.15, -0.1) is 0 Å². The molecule has 1 aromatic heterocycles. The summed E-state index contributed by atoms with van der Waals surface area (Å²) in [7, 11) is -9.55. The van der Waals surface area contributed by atoms with E-state index < -0.39 is 57.9 Å². The van der Waals surface area contributed by atoms with E-state index in [1.807, 2.05) is 42.5 Å². The van der Waals surface area contributed by atoms with E-state index >= 15 is 0 Å². The van der Waals surface area contributed by atoms with E-state index in [1.54, 1.807) is 0 Å². The lowest BCUT2D eigenvalue weighted by molar-refractivity contribution is -0.0523. The third kappa shape index (κ3) is 7.09. The maximum atomic E-state index is 12.5. The zero-order chi connectivity index (χ0) is 26.8. The first-order chi connectivity index (χ1) is 17.4. The number of ether oxygens (including phenoxy) is 1. The number of anilines is 1. The van der Waals surface area contributed by atoms with Crippen molar-refractivity contribution in [3.63, 3.8) is 0 Å². The molecule has 2 aromatic carbocycles. The lowest BCUT2D eigenvalue weighted by atomic mass is 10.1. The van der Waals surface area contributed by atoms with Gasteiger partial charge in [-0.3, -0.25) is 18.5 Å². The molecule has 4 rings (SSSR count). The van der Waals surface area contributed by atoms with Crippen LogP contribution in [0.5, 0.6) is 0 Å². The fourth-order valence-electron chi connectivity index (χ4n) is 3.75. The Balaban J connectivity index is 1.35. The zero-order valence-electron chi connectivity index (χ0n) is 19.1. The maximum Gasteiger partial charge on any atom is 0.351 e. The van der Waals surface area contributed by atoms with Gasteiger partial charge in [-0.2, -0.15) is 4.98 Å². The van der Waals surface area contributed by atoms with Crippen molar-refractivity contribution >= 4 is 31.8 Å². The molecule has 0 saturated carbocycles. The summed E-state index contributed by atoms with van der Waals surface area (Å²) in [5, 5.41) is 22.7. The van der Waals surface area contributed by atoms with Crippen LogP contribution in [0.15, 0.2) is 59.5 Å². The van der Waals surface area contributed by atoms with Crippen molar-refractivity contribution in [1.82, 2.24) is 9.55 Å². The Labute approximate surface area is 209 Å². The van der Waals surface area contributed by atoms with Crippen LogP contribution in [0, 0.1) is 0 Å². The Morgan fingerprint density at radius 3 is 2.46 bits per heavy atom. The third-order valence-electron chi connectivity index (χ3n) is 5.47. The standard InChI is InChI=1S/C21H25N3O11P2/c25-18-16(11-34-37(31,32)12-36(28,29)30)35-20(19(18)26)24-8-7-17(22-21(24)27)23-33-10-13-5-6-14-3-1-2-4-15(14)9-13/h1-9,16,18-20,25-26H,10-12H2,(H,31,32)(H,22,23,27)(H2,28,29,30)/t16-,18-,19-,20-/m1/s1. The largest absolute Gasteiger partial charge is 0.387 e. The van der Waals surface area contributed by atoms with Crippen LogP contribution >= 0.6 is 15.2 Å². The summed E-state index contributed by atoms with van der Waals surface area (Å²) >= 11 is 0. The van der Waals surface area contributed by atoms with E-state index in [2.05, 4.69) is 15.0 Å². The molecule has 0 aliphatic carbocycles. The summed E-state index contributed by atoms with van der Waals surface area (Å²) in [6.45, 7) is -0.586. The number of nitrogens with zero attached hydrogens (tertiary/aromatic N) is 2. The molecule has 1 saturated heterocycles. The molecule has 0 radical (unpaired) electrons. The van der Waals surface area contributed by atoms with E-state index in [4.69, 9.17) is 19.4 Å². The summed E-state index contributed by atoms with van der Waals surface area (Å²) in [5.41, 5.74) is 2.60. The van der Waals surface area contributed by atoms with Gasteiger partial charge < -0.3 is 34.2 Å². The van der Waals surface area contributed by atoms with Crippen LogP contribution in [0.3, 0.4) is 0 Å². The number of benzene rings is 2. The van der Waals surface area contributed by atoms with Gasteiger partial charge >= 0.3 is 20.9 Å². The van der Waals surface area contributed by atoms with Crippen LogP contribution in [0.4, 0.5) is 5.82 Å². The van der Waals surface area contributed by atoms with Crippen molar-refractivity contribution < 1.29 is 48.1 Å². The number of rotatable bonds is 10. The van der Waals surface area contributed by atoms with Gasteiger partial charge in [0.15, 0.2) is 17.9 Å². The summed E-state index contributed by atoms with van der Waals surface area (Å²) < 4.78 is 33.7. The highest BCUT2D eigenvalue weighted by Crippen LogP contribution is 2.55. The maximum absolute atomic E-state index is 12.5. The number of hydrogen-bond acceptors (Lipinski definition) is 10. The number of aliphatic hydroxyl groups is 2. The molecule has 37 heavy (non-hydrogen) atoms. The normalized spacial score (nSPS) is 23.7. The smallest absolute Gasteiger partial charge is 0.351 e. The first-order valence-electron chi connectivity index (χ1n) is 10.9. The van der Waals surface area contributed by atoms with Gasteiger partial charge in [0.1, 0.15) is 18.3 Å². The van der Waals surface area contributed by atoms with Crippen molar-refractivity contribution in [2.75, 3.05) is 18.0 Å². The van der Waals surface area contributed by atoms with E-state index in [1.165, 1.54) is 12.3 Å². The van der Waals surface area contributed by atoms with Crippen molar-refractivity contribution in [3.05, 3.63) is 70.8 Å². The molecule has 14 nitrogen and oxygen atoms in total. The van der Waals surface area contributed by atoms with Gasteiger partial charge in [-0.1, -0.05) is 36.4 Å². The van der Waals surface area contributed by atoms with Gasteiger partial charge in [-0.25, -0.2) is 10.3 Å². The lowest BCUT2D eigenvalue weighted by Crippen LogP contribution is -2.36. The van der Waals surface area contributed by atoms with E-state index in [-0.39, 0.29) is 12.4 Å². The second kappa shape index (κ2) is 11.1. The molecule has 0 amide bonds. The molecule has 0 bridgehead atoms. The first-order valence-corrected chi connectivity index (χ1v) is 14.5. The fourth-order valence-corrected chi connectivity index (χ4v) is 6.31. The molecule has 2 heterocycles. The average molecular weight is 557 g/mol. The van der Waals surface area contributed by atoms with Crippen molar-refractivity contribution in [2.45, 2.75) is 31.1 Å². The Kier molecular flexibility index (Phi) is 8.26. The van der Waals surface area contributed by atoms with E-state index in [0.717, 1.165) is 20.9 Å². The predicted octanol–water partition coefficient (Wildman–Crippen LogP) is 0.897. The number of hydrogen-bond donors (Lipinski definition) is 6. The van der Waals surface area contributed by atoms with Gasteiger partial charge in [0, 0.05) is 6.20 Å². The molecule has 16 heteroatoms. The van der Waals surface area contributed by atoms with Crippen LogP contribution in [0.25, 0.3) is 10.8 Å². The lowest BCUT2D eigenvalue weighted by Gasteiger charge is -2.18. The monoisotopic (exact) mass is 557 g/mol. The van der Waals surface area contributed by atoms with Crippen LogP contribution in [0.1, 0.15) is 11.8 Å². The summed E-state index contributed by atoms with van der Waals surface area (Å²) in [6.07, 6.45) is -4.79. The van der Waals surface area contributed by atoms with Crippen LogP contribution in [-0.2, 0) is 29.8 Å². The average Bonchev–Trinajstić information content (AvgIpc) is 3.10. The van der Waals surface area contributed by atoms with Crippen LogP contribution < -0.4 is 11.2 Å². The van der Waals surface area contributed by atoms with Gasteiger partial charge in [0.25, 0.3) is 0 Å². The van der Waals surface area contributed by atoms with Gasteiger partial charge in [0.2, 0.25) is 0 Å². The molecule has 1 unspecified atom stereocenters. The van der Waals surface area contributed by atoms with Gasteiger partial charge in [0.05, 0.1) is 13.2 Å². The second-order valence-electron chi connectivity index (χ2n) is 8.36. The Bertz CT molecular complexity index is 1410. The Morgan fingerprint density at radius 1 is 1.03 bits per heavy atom. The highest BCUT2D eigenvalue weighted by molar-refractivity contribution is 7.70. The summed E-state index contributed by atoms with van der Waals surface area (Å²) in [5.74, 6) is -1.34. The van der Waals surface area contributed by atoms with Crippen molar-refractivity contribution in [2.24, 2.45) is 0 Å². The molecule has 6 N–H and O–H groups in total. The third-order valence-corrected chi connectivity index (χ3v) is 8.93. The minimum atomic E-state index is -4.84. The van der Waals surface area contributed by atoms with Crippen molar-refractivity contribution in [3.8, 4) is 0 Å². The molecular weight excluding hydrogens is 532 g/mol. The van der Waals surface area contributed by atoms with E-state index in [9.17, 15) is 29.0 Å². The molecule has 1 fully saturated rings.